The van der Waals surface area contributed by atoms with Gasteiger partial charge in [0.1, 0.15) is 11.9 Å². The maximum atomic E-state index is 14.3. The van der Waals surface area contributed by atoms with Gasteiger partial charge in [-0.05, 0) is 29.7 Å². The van der Waals surface area contributed by atoms with Crippen molar-refractivity contribution >= 4 is 5.97 Å². The van der Waals surface area contributed by atoms with Crippen LogP contribution in [-0.4, -0.2) is 26.7 Å². The number of hydrogen-bond acceptors (Lipinski definition) is 3. The summed E-state index contributed by atoms with van der Waals surface area (Å²) in [5.41, 5.74) is 2.02. The molecule has 0 unspecified atom stereocenters. The number of carbonyl (C=O) groups is 1. The lowest BCUT2D eigenvalue weighted by molar-refractivity contribution is -0.139. The highest BCUT2D eigenvalue weighted by Gasteiger charge is 2.17. The smallest absolute Gasteiger partial charge is 0.321 e. The predicted molar refractivity (Wildman–Crippen MR) is 91.9 cm³/mol. The van der Waals surface area contributed by atoms with Crippen molar-refractivity contribution in [2.24, 2.45) is 0 Å². The van der Waals surface area contributed by atoms with E-state index in [9.17, 15) is 14.3 Å². The van der Waals surface area contributed by atoms with Crippen LogP contribution >= 0.6 is 0 Å². The van der Waals surface area contributed by atoms with Gasteiger partial charge in [0.2, 0.25) is 0 Å². The zero-order valence-corrected chi connectivity index (χ0v) is 13.5. The minimum absolute atomic E-state index is 0.269. The molecule has 0 aliphatic carbocycles. The van der Waals surface area contributed by atoms with Crippen molar-refractivity contribution in [1.29, 1.82) is 0 Å². The molecule has 0 saturated heterocycles. The minimum atomic E-state index is -0.931. The fourth-order valence-electron chi connectivity index (χ4n) is 2.61. The van der Waals surface area contributed by atoms with Crippen LogP contribution in [0.25, 0.3) is 5.69 Å². The Morgan fingerprint density at radius 3 is 2.64 bits per heavy atom. The molecule has 25 heavy (non-hydrogen) atoms. The number of rotatable bonds is 7. The molecule has 5 nitrogen and oxygen atoms in total. The zero-order chi connectivity index (χ0) is 17.6. The molecule has 6 heteroatoms. The van der Waals surface area contributed by atoms with Gasteiger partial charge < -0.3 is 15.0 Å². The first-order chi connectivity index (χ1) is 12.1. The van der Waals surface area contributed by atoms with Crippen LogP contribution in [0, 0.1) is 5.82 Å². The Kier molecular flexibility index (Phi) is 5.20. The van der Waals surface area contributed by atoms with Gasteiger partial charge in [0.15, 0.2) is 0 Å². The third-order valence-electron chi connectivity index (χ3n) is 3.93. The van der Waals surface area contributed by atoms with Crippen molar-refractivity contribution in [3.05, 3.63) is 84.2 Å². The molecular weight excluding hydrogens is 321 g/mol. The van der Waals surface area contributed by atoms with Crippen LogP contribution in [-0.2, 0) is 17.8 Å². The van der Waals surface area contributed by atoms with E-state index in [0.717, 1.165) is 5.56 Å². The molecule has 1 heterocycles. The summed E-state index contributed by atoms with van der Waals surface area (Å²) in [6.07, 6.45) is 5.13. The summed E-state index contributed by atoms with van der Waals surface area (Å²) in [5.74, 6) is -1.31. The summed E-state index contributed by atoms with van der Waals surface area (Å²) in [7, 11) is 0. The first-order valence-corrected chi connectivity index (χ1v) is 7.90. The fourth-order valence-corrected chi connectivity index (χ4v) is 2.61. The first kappa shape index (κ1) is 16.9. The Balaban J connectivity index is 1.67. The molecule has 1 aromatic heterocycles. The van der Waals surface area contributed by atoms with Gasteiger partial charge in [-0.3, -0.25) is 4.79 Å². The lowest BCUT2D eigenvalue weighted by Gasteiger charge is -2.15. The molecule has 3 aromatic rings. The molecule has 0 amide bonds. The highest BCUT2D eigenvalue weighted by atomic mass is 19.1. The lowest BCUT2D eigenvalue weighted by atomic mass is 10.1. The average Bonchev–Trinajstić information content (AvgIpc) is 3.13. The minimum Gasteiger partial charge on any atom is -0.480 e. The predicted octanol–water partition coefficient (Wildman–Crippen LogP) is 2.80. The van der Waals surface area contributed by atoms with Gasteiger partial charge in [0, 0.05) is 18.9 Å². The summed E-state index contributed by atoms with van der Waals surface area (Å²) in [6.45, 7) is 0.269. The number of nitrogens with one attached hydrogen (secondary N) is 1. The van der Waals surface area contributed by atoms with Gasteiger partial charge >= 0.3 is 5.97 Å². The second-order valence-corrected chi connectivity index (χ2v) is 5.72. The second kappa shape index (κ2) is 7.72. The number of hydrogen-bond donors (Lipinski definition) is 2. The SMILES string of the molecule is O=C(O)[C@H](Cc1ccccc1)NCc1ccc(-n2ccnc2)c(F)c1. The topological polar surface area (TPSA) is 67.2 Å². The van der Waals surface area contributed by atoms with E-state index in [4.69, 9.17) is 0 Å². The third-order valence-corrected chi connectivity index (χ3v) is 3.93. The van der Waals surface area contributed by atoms with Crippen LogP contribution in [0.1, 0.15) is 11.1 Å². The molecule has 128 valence electrons. The molecule has 2 aromatic carbocycles. The van der Waals surface area contributed by atoms with Crippen LogP contribution in [0.2, 0.25) is 0 Å². The highest BCUT2D eigenvalue weighted by Crippen LogP contribution is 2.15. The Labute approximate surface area is 144 Å². The fraction of sp³-hybridized carbons (Fsp3) is 0.158. The number of benzene rings is 2. The van der Waals surface area contributed by atoms with Crippen LogP contribution in [0.4, 0.5) is 4.39 Å². The van der Waals surface area contributed by atoms with E-state index >= 15 is 0 Å². The molecule has 1 atom stereocenters. The van der Waals surface area contributed by atoms with E-state index in [0.29, 0.717) is 17.7 Å². The molecule has 0 aliphatic heterocycles. The first-order valence-electron chi connectivity index (χ1n) is 7.90. The molecule has 2 N–H and O–H groups in total. The molecule has 0 radical (unpaired) electrons. The number of imidazole rings is 1. The van der Waals surface area contributed by atoms with Gasteiger partial charge in [-0.2, -0.15) is 0 Å². The van der Waals surface area contributed by atoms with Gasteiger partial charge in [0.25, 0.3) is 0 Å². The van der Waals surface area contributed by atoms with Crippen LogP contribution in [0.3, 0.4) is 0 Å². The summed E-state index contributed by atoms with van der Waals surface area (Å²) in [5, 5.41) is 12.4. The van der Waals surface area contributed by atoms with E-state index in [1.54, 1.807) is 29.1 Å². The largest absolute Gasteiger partial charge is 0.480 e. The maximum Gasteiger partial charge on any atom is 0.321 e. The van der Waals surface area contributed by atoms with Gasteiger partial charge in [0.05, 0.1) is 12.0 Å². The van der Waals surface area contributed by atoms with Crippen molar-refractivity contribution in [2.75, 3.05) is 0 Å². The summed E-state index contributed by atoms with van der Waals surface area (Å²) >= 11 is 0. The van der Waals surface area contributed by atoms with Crippen molar-refractivity contribution in [3.63, 3.8) is 0 Å². The standard InChI is InChI=1S/C19H18FN3O2/c20-16-10-15(6-7-18(16)23-9-8-21-13-23)12-22-17(19(24)25)11-14-4-2-1-3-5-14/h1-10,13,17,22H,11-12H2,(H,24,25)/t17-/m0/s1. The second-order valence-electron chi connectivity index (χ2n) is 5.72. The highest BCUT2D eigenvalue weighted by molar-refractivity contribution is 5.73. The van der Waals surface area contributed by atoms with E-state index in [-0.39, 0.29) is 12.4 Å². The summed E-state index contributed by atoms with van der Waals surface area (Å²) < 4.78 is 15.8. The maximum absolute atomic E-state index is 14.3. The quantitative estimate of drug-likeness (QED) is 0.695. The van der Waals surface area contributed by atoms with Crippen LogP contribution < -0.4 is 5.32 Å². The monoisotopic (exact) mass is 339 g/mol. The molecule has 3 rings (SSSR count). The lowest BCUT2D eigenvalue weighted by Crippen LogP contribution is -2.38. The van der Waals surface area contributed by atoms with E-state index < -0.39 is 12.0 Å². The zero-order valence-electron chi connectivity index (χ0n) is 13.5. The Morgan fingerprint density at radius 1 is 1.20 bits per heavy atom. The Hall–Kier alpha value is -2.99. The molecular formula is C19H18FN3O2. The van der Waals surface area contributed by atoms with Crippen molar-refractivity contribution in [1.82, 2.24) is 14.9 Å². The molecule has 0 spiro atoms. The number of halogens is 1. The van der Waals surface area contributed by atoms with E-state index in [1.165, 1.54) is 12.4 Å². The number of aliphatic carboxylic acids is 1. The van der Waals surface area contributed by atoms with Crippen LogP contribution in [0.15, 0.2) is 67.3 Å². The van der Waals surface area contributed by atoms with Crippen molar-refractivity contribution < 1.29 is 14.3 Å². The summed E-state index contributed by atoms with van der Waals surface area (Å²) in [4.78, 5) is 15.4. The van der Waals surface area contributed by atoms with E-state index in [1.807, 2.05) is 30.3 Å². The average molecular weight is 339 g/mol. The molecule has 0 fully saturated rings. The Bertz CT molecular complexity index is 835. The number of carboxylic acids is 1. The van der Waals surface area contributed by atoms with Gasteiger partial charge in [-0.1, -0.05) is 36.4 Å². The number of carboxylic acid groups (broad SMARTS) is 1. The number of aromatic nitrogens is 2. The molecule has 0 bridgehead atoms. The Morgan fingerprint density at radius 2 is 2.00 bits per heavy atom. The third kappa shape index (κ3) is 4.30. The number of nitrogens with zero attached hydrogens (tertiary/aromatic N) is 2. The van der Waals surface area contributed by atoms with Gasteiger partial charge in [-0.25, -0.2) is 9.37 Å². The molecule has 0 saturated carbocycles. The van der Waals surface area contributed by atoms with Crippen molar-refractivity contribution in [2.45, 2.75) is 19.0 Å². The normalized spacial score (nSPS) is 12.0. The van der Waals surface area contributed by atoms with Crippen LogP contribution in [0.5, 0.6) is 0 Å². The molecule has 0 aliphatic rings. The summed E-state index contributed by atoms with van der Waals surface area (Å²) in [6, 6.07) is 13.5. The van der Waals surface area contributed by atoms with Crippen molar-refractivity contribution in [3.8, 4) is 5.69 Å². The van der Waals surface area contributed by atoms with E-state index in [2.05, 4.69) is 10.3 Å². The van der Waals surface area contributed by atoms with Gasteiger partial charge in [-0.15, -0.1) is 0 Å².